The molecule has 0 amide bonds. The van der Waals surface area contributed by atoms with Gasteiger partial charge in [0, 0.05) is 23.3 Å². The summed E-state index contributed by atoms with van der Waals surface area (Å²) in [7, 11) is 0. The summed E-state index contributed by atoms with van der Waals surface area (Å²) >= 11 is 0. The Labute approximate surface area is 103 Å². The lowest BCUT2D eigenvalue weighted by Crippen LogP contribution is -1.92. The van der Waals surface area contributed by atoms with E-state index in [9.17, 15) is 10.1 Å². The third kappa shape index (κ3) is 2.54. The second kappa shape index (κ2) is 4.84. The van der Waals surface area contributed by atoms with Crippen molar-refractivity contribution < 1.29 is 4.92 Å². The van der Waals surface area contributed by atoms with Crippen molar-refractivity contribution in [1.82, 2.24) is 10.2 Å². The number of aryl methyl sites for hydroxylation is 1. The Morgan fingerprint density at radius 1 is 1.41 bits per heavy atom. The van der Waals surface area contributed by atoms with Crippen LogP contribution in [-0.4, -0.2) is 15.1 Å². The number of nitrogens with one attached hydrogen (secondary N) is 1. The summed E-state index contributed by atoms with van der Waals surface area (Å²) in [6.07, 6.45) is 0. The van der Waals surface area contributed by atoms with E-state index in [0.717, 1.165) is 0 Å². The van der Waals surface area contributed by atoms with E-state index in [1.54, 1.807) is 25.1 Å². The van der Waals surface area contributed by atoms with Crippen molar-refractivity contribution in [2.75, 3.05) is 5.73 Å². The number of aromatic nitrogens is 2. The van der Waals surface area contributed by atoms with Crippen LogP contribution in [0.1, 0.15) is 5.56 Å². The van der Waals surface area contributed by atoms with Crippen LogP contribution in [-0.2, 0) is 0 Å². The molecule has 0 aliphatic carbocycles. The highest BCUT2D eigenvalue weighted by atomic mass is 35.5. The number of hydrogen-bond donors (Lipinski definition) is 2. The first-order chi connectivity index (χ1) is 7.58. The summed E-state index contributed by atoms with van der Waals surface area (Å²) in [5.74, 6) is 0.359. The van der Waals surface area contributed by atoms with Gasteiger partial charge in [-0.05, 0) is 6.92 Å². The van der Waals surface area contributed by atoms with Crippen LogP contribution in [0.25, 0.3) is 11.3 Å². The molecule has 1 aromatic carbocycles. The minimum atomic E-state index is -0.404. The van der Waals surface area contributed by atoms with Gasteiger partial charge in [-0.1, -0.05) is 12.1 Å². The molecule has 1 heterocycles. The normalized spacial score (nSPS) is 9.71. The molecular weight excluding hydrogens is 244 g/mol. The molecule has 0 saturated carbocycles. The van der Waals surface area contributed by atoms with Crippen LogP contribution in [0.3, 0.4) is 0 Å². The van der Waals surface area contributed by atoms with Crippen LogP contribution < -0.4 is 5.73 Å². The van der Waals surface area contributed by atoms with Crippen LogP contribution >= 0.6 is 12.4 Å². The smallest absolute Gasteiger partial charge is 0.272 e. The number of rotatable bonds is 2. The largest absolute Gasteiger partial charge is 0.382 e. The van der Waals surface area contributed by atoms with E-state index >= 15 is 0 Å². The van der Waals surface area contributed by atoms with Crippen LogP contribution in [0.15, 0.2) is 24.3 Å². The van der Waals surface area contributed by atoms with Crippen molar-refractivity contribution in [2.45, 2.75) is 6.92 Å². The maximum Gasteiger partial charge on any atom is 0.272 e. The maximum atomic E-state index is 10.8. The molecule has 0 atom stereocenters. The van der Waals surface area contributed by atoms with Crippen molar-refractivity contribution in [1.29, 1.82) is 0 Å². The van der Waals surface area contributed by atoms with Crippen molar-refractivity contribution >= 4 is 23.9 Å². The molecule has 1 aromatic heterocycles. The van der Waals surface area contributed by atoms with Crippen LogP contribution in [0.4, 0.5) is 11.5 Å². The predicted molar refractivity (Wildman–Crippen MR) is 67.1 cm³/mol. The van der Waals surface area contributed by atoms with Crippen LogP contribution in [0, 0.1) is 17.0 Å². The first-order valence-electron chi connectivity index (χ1n) is 4.64. The molecule has 0 aliphatic rings. The zero-order chi connectivity index (χ0) is 11.7. The fraction of sp³-hybridized carbons (Fsp3) is 0.100. The van der Waals surface area contributed by atoms with E-state index in [1.165, 1.54) is 6.07 Å². The zero-order valence-corrected chi connectivity index (χ0v) is 9.82. The third-order valence-corrected chi connectivity index (χ3v) is 2.31. The lowest BCUT2D eigenvalue weighted by molar-refractivity contribution is -0.385. The molecule has 17 heavy (non-hydrogen) atoms. The molecule has 7 heteroatoms. The standard InChI is InChI=1S/C10H10N4O2.ClH/c1-6-2-3-7(4-9(6)14(15)16)8-5-10(11)13-12-8;/h2-5H,1H3,(H3,11,12,13);1H. The summed E-state index contributed by atoms with van der Waals surface area (Å²) in [5.41, 5.74) is 7.55. The number of nitrogens with zero attached hydrogens (tertiary/aromatic N) is 2. The Bertz CT molecular complexity index is 553. The first-order valence-corrected chi connectivity index (χ1v) is 4.64. The number of nitro groups is 1. The predicted octanol–water partition coefficient (Wildman–Crippen LogP) is 2.30. The van der Waals surface area contributed by atoms with Gasteiger partial charge in [-0.3, -0.25) is 15.2 Å². The first kappa shape index (κ1) is 13.0. The van der Waals surface area contributed by atoms with Crippen molar-refractivity contribution in [3.05, 3.63) is 39.9 Å². The monoisotopic (exact) mass is 254 g/mol. The molecule has 0 spiro atoms. The lowest BCUT2D eigenvalue weighted by Gasteiger charge is -2.00. The fourth-order valence-corrected chi connectivity index (χ4v) is 1.46. The van der Waals surface area contributed by atoms with Crippen molar-refractivity contribution in [3.8, 4) is 11.3 Å². The molecule has 0 saturated heterocycles. The van der Waals surface area contributed by atoms with Gasteiger partial charge in [-0.25, -0.2) is 0 Å². The topological polar surface area (TPSA) is 97.8 Å². The van der Waals surface area contributed by atoms with E-state index < -0.39 is 4.92 Å². The summed E-state index contributed by atoms with van der Waals surface area (Å²) < 4.78 is 0. The average molecular weight is 255 g/mol. The molecule has 0 aliphatic heterocycles. The molecule has 0 unspecified atom stereocenters. The van der Waals surface area contributed by atoms with Crippen molar-refractivity contribution in [3.63, 3.8) is 0 Å². The molecule has 0 fully saturated rings. The van der Waals surface area contributed by atoms with Gasteiger partial charge in [0.25, 0.3) is 5.69 Å². The average Bonchev–Trinajstić information content (AvgIpc) is 2.65. The van der Waals surface area contributed by atoms with E-state index in [1.807, 2.05) is 0 Å². The molecular formula is C10H11ClN4O2. The second-order valence-corrected chi connectivity index (χ2v) is 3.46. The fourth-order valence-electron chi connectivity index (χ4n) is 1.46. The molecule has 0 radical (unpaired) electrons. The van der Waals surface area contributed by atoms with E-state index in [2.05, 4.69) is 10.2 Å². The Morgan fingerprint density at radius 2 is 2.12 bits per heavy atom. The Hall–Kier alpha value is -2.08. The van der Waals surface area contributed by atoms with Gasteiger partial charge in [0.2, 0.25) is 0 Å². The molecule has 6 nitrogen and oxygen atoms in total. The highest BCUT2D eigenvalue weighted by Crippen LogP contribution is 2.26. The van der Waals surface area contributed by atoms with Gasteiger partial charge in [-0.15, -0.1) is 12.4 Å². The summed E-state index contributed by atoms with van der Waals surface area (Å²) in [5, 5.41) is 17.2. The SMILES string of the molecule is Cc1ccc(-c2cc(N)n[nH]2)cc1[N+](=O)[O-].Cl. The molecule has 2 aromatic rings. The summed E-state index contributed by atoms with van der Waals surface area (Å²) in [4.78, 5) is 10.4. The van der Waals surface area contributed by atoms with Crippen LogP contribution in [0.2, 0.25) is 0 Å². The minimum Gasteiger partial charge on any atom is -0.382 e. The number of anilines is 1. The molecule has 0 bridgehead atoms. The number of H-pyrrole nitrogens is 1. The van der Waals surface area contributed by atoms with Gasteiger partial charge in [-0.2, -0.15) is 5.10 Å². The number of nitro benzene ring substituents is 1. The van der Waals surface area contributed by atoms with Gasteiger partial charge >= 0.3 is 0 Å². The molecule has 2 rings (SSSR count). The molecule has 90 valence electrons. The van der Waals surface area contributed by atoms with Crippen LogP contribution in [0.5, 0.6) is 0 Å². The highest BCUT2D eigenvalue weighted by molar-refractivity contribution is 5.85. The second-order valence-electron chi connectivity index (χ2n) is 3.46. The number of nitrogens with two attached hydrogens (primary N) is 1. The number of hydrogen-bond acceptors (Lipinski definition) is 4. The quantitative estimate of drug-likeness (QED) is 0.635. The summed E-state index contributed by atoms with van der Waals surface area (Å²) in [6.45, 7) is 1.70. The lowest BCUT2D eigenvalue weighted by atomic mass is 10.1. The van der Waals surface area contributed by atoms with Gasteiger partial charge in [0.1, 0.15) is 5.82 Å². The third-order valence-electron chi connectivity index (χ3n) is 2.31. The van der Waals surface area contributed by atoms with Gasteiger partial charge in [0.05, 0.1) is 10.6 Å². The van der Waals surface area contributed by atoms with E-state index in [4.69, 9.17) is 5.73 Å². The Morgan fingerprint density at radius 3 is 2.65 bits per heavy atom. The van der Waals surface area contributed by atoms with Gasteiger partial charge in [0.15, 0.2) is 0 Å². The van der Waals surface area contributed by atoms with E-state index in [-0.39, 0.29) is 18.1 Å². The van der Waals surface area contributed by atoms with Crippen molar-refractivity contribution in [2.24, 2.45) is 0 Å². The minimum absolute atomic E-state index is 0. The number of aromatic amines is 1. The highest BCUT2D eigenvalue weighted by Gasteiger charge is 2.12. The Balaban J connectivity index is 0.00000144. The Kier molecular flexibility index (Phi) is 3.69. The number of nitrogen functional groups attached to an aromatic ring is 1. The molecule has 3 N–H and O–H groups in total. The number of halogens is 1. The van der Waals surface area contributed by atoms with Gasteiger partial charge < -0.3 is 5.73 Å². The number of benzene rings is 1. The maximum absolute atomic E-state index is 10.8. The summed E-state index contributed by atoms with van der Waals surface area (Å²) in [6, 6.07) is 6.62. The van der Waals surface area contributed by atoms with E-state index in [0.29, 0.717) is 22.6 Å². The zero-order valence-electron chi connectivity index (χ0n) is 9.01.